The van der Waals surface area contributed by atoms with Gasteiger partial charge in [0, 0.05) is 40.9 Å². The molecule has 0 amide bonds. The van der Waals surface area contributed by atoms with Crippen LogP contribution in [-0.4, -0.2) is 50.8 Å². The van der Waals surface area contributed by atoms with Gasteiger partial charge in [0.15, 0.2) is 11.0 Å². The van der Waals surface area contributed by atoms with E-state index in [1.54, 1.807) is 34.2 Å². The predicted octanol–water partition coefficient (Wildman–Crippen LogP) is 2.83. The van der Waals surface area contributed by atoms with E-state index in [-0.39, 0.29) is 6.04 Å². The molecule has 0 saturated heterocycles. The quantitative estimate of drug-likeness (QED) is 0.487. The number of hydrogen-bond donors (Lipinski definition) is 0. The monoisotopic (exact) mass is 396 g/mol. The van der Waals surface area contributed by atoms with Gasteiger partial charge in [0.1, 0.15) is 0 Å². The maximum atomic E-state index is 4.59. The molecule has 1 atom stereocenters. The molecule has 0 aliphatic carbocycles. The van der Waals surface area contributed by atoms with Gasteiger partial charge in [-0.3, -0.25) is 9.55 Å². The van der Waals surface area contributed by atoms with Crippen LogP contribution >= 0.6 is 23.5 Å². The third kappa shape index (κ3) is 2.98. The molecule has 0 bridgehead atoms. The number of fused-ring (bicyclic) bond motifs is 2. The van der Waals surface area contributed by atoms with Gasteiger partial charge in [0.05, 0.1) is 6.04 Å². The average molecular weight is 397 g/mol. The summed E-state index contributed by atoms with van der Waals surface area (Å²) in [7, 11) is 0. The number of aryl methyl sites for hydroxylation is 2. The van der Waals surface area contributed by atoms with Crippen molar-refractivity contribution in [2.45, 2.75) is 30.2 Å². The first-order valence-electron chi connectivity index (χ1n) is 8.51. The Bertz CT molecular complexity index is 1120. The SMILES string of the molecule is Cc1cc(C)n2nc(SCC3CSc4nnc(-c5cccnc5)n43)nc2n1. The number of thioether (sulfide) groups is 2. The second-order valence-electron chi connectivity index (χ2n) is 6.34. The molecule has 1 aliphatic heterocycles. The fraction of sp³-hybridized carbons (Fsp3) is 0.294. The van der Waals surface area contributed by atoms with Crippen LogP contribution in [0.1, 0.15) is 17.4 Å². The Kier molecular flexibility index (Phi) is 4.09. The summed E-state index contributed by atoms with van der Waals surface area (Å²) in [4.78, 5) is 13.2. The lowest BCUT2D eigenvalue weighted by atomic mass is 10.2. The van der Waals surface area contributed by atoms with E-state index in [1.165, 1.54) is 0 Å². The zero-order chi connectivity index (χ0) is 18.4. The van der Waals surface area contributed by atoms with E-state index in [4.69, 9.17) is 0 Å². The molecule has 0 radical (unpaired) electrons. The molecule has 0 fully saturated rings. The molecule has 1 unspecified atom stereocenters. The topological polar surface area (TPSA) is 86.7 Å². The van der Waals surface area contributed by atoms with E-state index >= 15 is 0 Å². The van der Waals surface area contributed by atoms with Crippen molar-refractivity contribution in [3.8, 4) is 11.4 Å². The molecule has 0 aromatic carbocycles. The molecule has 27 heavy (non-hydrogen) atoms. The van der Waals surface area contributed by atoms with Crippen LogP contribution in [0.3, 0.4) is 0 Å². The Hall–Kier alpha value is -2.46. The van der Waals surface area contributed by atoms with Gasteiger partial charge in [-0.15, -0.1) is 15.3 Å². The van der Waals surface area contributed by atoms with Crippen molar-refractivity contribution in [3.05, 3.63) is 42.0 Å². The first-order chi connectivity index (χ1) is 13.2. The summed E-state index contributed by atoms with van der Waals surface area (Å²) in [5.74, 6) is 3.33. The van der Waals surface area contributed by atoms with E-state index in [0.29, 0.717) is 5.78 Å². The molecule has 0 N–H and O–H groups in total. The van der Waals surface area contributed by atoms with Crippen molar-refractivity contribution in [2.24, 2.45) is 0 Å². The van der Waals surface area contributed by atoms with Gasteiger partial charge < -0.3 is 0 Å². The van der Waals surface area contributed by atoms with Gasteiger partial charge >= 0.3 is 0 Å². The molecular weight excluding hydrogens is 380 g/mol. The van der Waals surface area contributed by atoms with E-state index < -0.39 is 0 Å². The van der Waals surface area contributed by atoms with E-state index in [1.807, 2.05) is 38.2 Å². The normalized spacial score (nSPS) is 16.1. The maximum absolute atomic E-state index is 4.59. The molecule has 10 heteroatoms. The van der Waals surface area contributed by atoms with E-state index in [9.17, 15) is 0 Å². The Morgan fingerprint density at radius 3 is 3.04 bits per heavy atom. The molecule has 5 rings (SSSR count). The predicted molar refractivity (Wildman–Crippen MR) is 104 cm³/mol. The highest BCUT2D eigenvalue weighted by Crippen LogP contribution is 2.38. The van der Waals surface area contributed by atoms with Crippen molar-refractivity contribution in [1.29, 1.82) is 0 Å². The fourth-order valence-corrected chi connectivity index (χ4v) is 5.27. The summed E-state index contributed by atoms with van der Waals surface area (Å²) >= 11 is 3.37. The standard InChI is InChI=1S/C17H16N8S2/c1-10-6-11(2)25-15(19-10)20-16(23-25)26-8-13-9-27-17-22-21-14(24(13)17)12-4-3-5-18-7-12/h3-7,13H,8-9H2,1-2H3. The highest BCUT2D eigenvalue weighted by atomic mass is 32.2. The van der Waals surface area contributed by atoms with Crippen molar-refractivity contribution in [3.63, 3.8) is 0 Å². The number of nitrogens with zero attached hydrogens (tertiary/aromatic N) is 8. The summed E-state index contributed by atoms with van der Waals surface area (Å²) in [6, 6.07) is 6.22. The van der Waals surface area contributed by atoms with Crippen molar-refractivity contribution < 1.29 is 0 Å². The van der Waals surface area contributed by atoms with E-state index in [2.05, 4.69) is 34.8 Å². The van der Waals surface area contributed by atoms with Crippen LogP contribution < -0.4 is 0 Å². The highest BCUT2D eigenvalue weighted by Gasteiger charge is 2.29. The smallest absolute Gasteiger partial charge is 0.253 e. The number of aromatic nitrogens is 8. The number of pyridine rings is 1. The van der Waals surface area contributed by atoms with Crippen LogP contribution in [0.25, 0.3) is 17.2 Å². The van der Waals surface area contributed by atoms with E-state index in [0.717, 1.165) is 44.6 Å². The summed E-state index contributed by atoms with van der Waals surface area (Å²) in [6.45, 7) is 3.99. The average Bonchev–Trinajstić information content (AvgIpc) is 3.35. The van der Waals surface area contributed by atoms with Crippen molar-refractivity contribution in [1.82, 2.24) is 39.3 Å². The van der Waals surface area contributed by atoms with Gasteiger partial charge in [-0.05, 0) is 32.0 Å². The summed E-state index contributed by atoms with van der Waals surface area (Å²) in [5, 5.41) is 15.0. The first-order valence-corrected chi connectivity index (χ1v) is 10.5. The summed E-state index contributed by atoms with van der Waals surface area (Å²) < 4.78 is 4.00. The van der Waals surface area contributed by atoms with Crippen molar-refractivity contribution in [2.75, 3.05) is 11.5 Å². The highest BCUT2D eigenvalue weighted by molar-refractivity contribution is 8.00. The largest absolute Gasteiger partial charge is 0.297 e. The van der Waals surface area contributed by atoms with Crippen LogP contribution in [-0.2, 0) is 0 Å². The van der Waals surface area contributed by atoms with Crippen LogP contribution in [0.5, 0.6) is 0 Å². The van der Waals surface area contributed by atoms with Crippen LogP contribution in [0.2, 0.25) is 0 Å². The molecule has 136 valence electrons. The second-order valence-corrected chi connectivity index (χ2v) is 8.31. The van der Waals surface area contributed by atoms with Crippen LogP contribution in [0, 0.1) is 13.8 Å². The van der Waals surface area contributed by atoms with Gasteiger partial charge in [0.2, 0.25) is 5.16 Å². The molecular formula is C17H16N8S2. The summed E-state index contributed by atoms with van der Waals surface area (Å²) in [5.41, 5.74) is 2.97. The Balaban J connectivity index is 1.40. The number of rotatable bonds is 4. The zero-order valence-corrected chi connectivity index (χ0v) is 16.4. The zero-order valence-electron chi connectivity index (χ0n) is 14.8. The third-order valence-corrected chi connectivity index (χ3v) is 6.43. The first kappa shape index (κ1) is 16.7. The molecule has 1 aliphatic rings. The molecule has 4 aromatic rings. The second kappa shape index (κ2) is 6.61. The Morgan fingerprint density at radius 2 is 2.19 bits per heavy atom. The van der Waals surface area contributed by atoms with Crippen LogP contribution in [0.4, 0.5) is 0 Å². The molecule has 4 aromatic heterocycles. The lowest BCUT2D eigenvalue weighted by Crippen LogP contribution is -2.11. The molecule has 8 nitrogen and oxygen atoms in total. The van der Waals surface area contributed by atoms with Crippen molar-refractivity contribution >= 4 is 29.3 Å². The van der Waals surface area contributed by atoms with Gasteiger partial charge in [0.25, 0.3) is 5.78 Å². The van der Waals surface area contributed by atoms with Gasteiger partial charge in [-0.1, -0.05) is 23.5 Å². The summed E-state index contributed by atoms with van der Waals surface area (Å²) in [6.07, 6.45) is 3.59. The number of hydrogen-bond acceptors (Lipinski definition) is 8. The fourth-order valence-electron chi connectivity index (χ4n) is 3.14. The molecule has 5 heterocycles. The third-order valence-electron chi connectivity index (χ3n) is 4.36. The minimum atomic E-state index is 0.280. The minimum absolute atomic E-state index is 0.280. The minimum Gasteiger partial charge on any atom is -0.297 e. The Morgan fingerprint density at radius 1 is 1.26 bits per heavy atom. The molecule has 0 spiro atoms. The van der Waals surface area contributed by atoms with Crippen LogP contribution in [0.15, 0.2) is 40.9 Å². The lowest BCUT2D eigenvalue weighted by Gasteiger charge is -2.12. The Labute approximate surface area is 163 Å². The van der Waals surface area contributed by atoms with Gasteiger partial charge in [-0.2, -0.15) is 4.98 Å². The molecule has 0 saturated carbocycles. The van der Waals surface area contributed by atoms with Gasteiger partial charge in [-0.25, -0.2) is 9.50 Å². The maximum Gasteiger partial charge on any atom is 0.253 e. The lowest BCUT2D eigenvalue weighted by molar-refractivity contribution is 0.596.